The summed E-state index contributed by atoms with van der Waals surface area (Å²) in [5.74, 6) is 2.20. The van der Waals surface area contributed by atoms with Gasteiger partial charge in [-0.25, -0.2) is 0 Å². The zero-order valence-corrected chi connectivity index (χ0v) is 10.2. The lowest BCUT2D eigenvalue weighted by atomic mass is 10.1. The molecule has 0 radical (unpaired) electrons. The average Bonchev–Trinajstić information content (AvgIpc) is 2.59. The number of hydrogen-bond acceptors (Lipinski definition) is 2. The summed E-state index contributed by atoms with van der Waals surface area (Å²) in [4.78, 5) is 0. The molecule has 0 amide bonds. The first-order valence-corrected chi connectivity index (χ1v) is 6.34. The summed E-state index contributed by atoms with van der Waals surface area (Å²) in [7, 11) is 0. The second kappa shape index (κ2) is 4.32. The largest absolute Gasteiger partial charge is 0.311 e. The first-order valence-electron chi connectivity index (χ1n) is 6.34. The van der Waals surface area contributed by atoms with Crippen molar-refractivity contribution in [1.82, 2.24) is 14.8 Å². The van der Waals surface area contributed by atoms with Gasteiger partial charge in [0, 0.05) is 18.5 Å². The molecule has 1 aromatic heterocycles. The van der Waals surface area contributed by atoms with Crippen LogP contribution < -0.4 is 0 Å². The summed E-state index contributed by atoms with van der Waals surface area (Å²) in [6, 6.07) is 8.41. The summed E-state index contributed by atoms with van der Waals surface area (Å²) < 4.78 is 2.30. The molecule has 0 N–H and O–H groups in total. The molecule has 0 unspecified atom stereocenters. The zero-order valence-electron chi connectivity index (χ0n) is 10.2. The fourth-order valence-electron chi connectivity index (χ4n) is 2.51. The molecule has 0 bridgehead atoms. The van der Waals surface area contributed by atoms with Gasteiger partial charge in [0.05, 0.1) is 0 Å². The summed E-state index contributed by atoms with van der Waals surface area (Å²) in [6.45, 7) is 3.19. The Kier molecular flexibility index (Phi) is 2.67. The van der Waals surface area contributed by atoms with E-state index in [1.807, 2.05) is 0 Å². The number of hydrogen-bond donors (Lipinski definition) is 0. The topological polar surface area (TPSA) is 30.7 Å². The number of nitrogens with zero attached hydrogens (tertiary/aromatic N) is 3. The van der Waals surface area contributed by atoms with Crippen molar-refractivity contribution in [2.24, 2.45) is 0 Å². The number of fused-ring (bicyclic) bond motifs is 1. The Labute approximate surface area is 101 Å². The van der Waals surface area contributed by atoms with Crippen LogP contribution in [0.5, 0.6) is 0 Å². The minimum Gasteiger partial charge on any atom is -0.311 e. The maximum atomic E-state index is 4.38. The second-order valence-electron chi connectivity index (χ2n) is 4.72. The van der Waals surface area contributed by atoms with Crippen molar-refractivity contribution in [3.8, 4) is 11.4 Å². The highest BCUT2D eigenvalue weighted by atomic mass is 15.3. The van der Waals surface area contributed by atoms with E-state index in [1.54, 1.807) is 0 Å². The van der Waals surface area contributed by atoms with Gasteiger partial charge in [0.1, 0.15) is 5.82 Å². The maximum absolute atomic E-state index is 4.38. The van der Waals surface area contributed by atoms with Crippen molar-refractivity contribution < 1.29 is 0 Å². The molecule has 1 aliphatic heterocycles. The quantitative estimate of drug-likeness (QED) is 0.750. The molecule has 2 aromatic rings. The van der Waals surface area contributed by atoms with Gasteiger partial charge in [0.2, 0.25) is 0 Å². The van der Waals surface area contributed by atoms with Gasteiger partial charge in [-0.05, 0) is 25.3 Å². The van der Waals surface area contributed by atoms with Crippen molar-refractivity contribution in [2.75, 3.05) is 0 Å². The van der Waals surface area contributed by atoms with Gasteiger partial charge >= 0.3 is 0 Å². The monoisotopic (exact) mass is 227 g/mol. The lowest BCUT2D eigenvalue weighted by Gasteiger charge is -2.08. The molecule has 3 nitrogen and oxygen atoms in total. The standard InChI is InChI=1S/C14H17N3/c1-11-7-4-5-8-12(11)14-16-15-13-9-3-2-6-10-17(13)14/h4-5,7-8H,2-3,6,9-10H2,1H3. The highest BCUT2D eigenvalue weighted by Gasteiger charge is 2.16. The lowest BCUT2D eigenvalue weighted by molar-refractivity contribution is 0.636. The number of benzene rings is 1. The Morgan fingerprint density at radius 3 is 2.82 bits per heavy atom. The van der Waals surface area contributed by atoms with Crippen LogP contribution in [0, 0.1) is 6.92 Å². The normalized spacial score (nSPS) is 15.4. The Morgan fingerprint density at radius 1 is 1.06 bits per heavy atom. The van der Waals surface area contributed by atoms with Gasteiger partial charge in [-0.15, -0.1) is 10.2 Å². The van der Waals surface area contributed by atoms with Crippen LogP contribution in [0.15, 0.2) is 24.3 Å². The van der Waals surface area contributed by atoms with Crippen molar-refractivity contribution >= 4 is 0 Å². The van der Waals surface area contributed by atoms with Crippen LogP contribution in [0.2, 0.25) is 0 Å². The van der Waals surface area contributed by atoms with Gasteiger partial charge in [0.25, 0.3) is 0 Å². The highest BCUT2D eigenvalue weighted by molar-refractivity contribution is 5.60. The summed E-state index contributed by atoms with van der Waals surface area (Å²) in [5, 5.41) is 8.73. The van der Waals surface area contributed by atoms with Gasteiger partial charge in [-0.2, -0.15) is 0 Å². The molecule has 2 heterocycles. The van der Waals surface area contributed by atoms with Gasteiger partial charge in [-0.1, -0.05) is 30.7 Å². The number of rotatable bonds is 1. The Hall–Kier alpha value is -1.64. The van der Waals surface area contributed by atoms with Crippen molar-refractivity contribution in [3.05, 3.63) is 35.7 Å². The van der Waals surface area contributed by atoms with Gasteiger partial charge in [-0.3, -0.25) is 0 Å². The molecule has 88 valence electrons. The van der Waals surface area contributed by atoms with E-state index in [0.29, 0.717) is 0 Å². The van der Waals surface area contributed by atoms with Gasteiger partial charge < -0.3 is 4.57 Å². The van der Waals surface area contributed by atoms with E-state index in [9.17, 15) is 0 Å². The van der Waals surface area contributed by atoms with Crippen molar-refractivity contribution in [1.29, 1.82) is 0 Å². The molecule has 0 atom stereocenters. The van der Waals surface area contributed by atoms with Crippen molar-refractivity contribution in [3.63, 3.8) is 0 Å². The maximum Gasteiger partial charge on any atom is 0.164 e. The van der Waals surface area contributed by atoms with E-state index in [2.05, 4.69) is 46.0 Å². The average molecular weight is 227 g/mol. The van der Waals surface area contributed by atoms with E-state index >= 15 is 0 Å². The Morgan fingerprint density at radius 2 is 1.94 bits per heavy atom. The molecule has 0 saturated carbocycles. The van der Waals surface area contributed by atoms with Crippen LogP contribution in [0.3, 0.4) is 0 Å². The van der Waals surface area contributed by atoms with E-state index in [-0.39, 0.29) is 0 Å². The summed E-state index contributed by atoms with van der Waals surface area (Å²) in [6.07, 6.45) is 4.85. The fraction of sp³-hybridized carbons (Fsp3) is 0.429. The molecule has 17 heavy (non-hydrogen) atoms. The number of aromatic nitrogens is 3. The third-order valence-corrected chi connectivity index (χ3v) is 3.50. The lowest BCUT2D eigenvalue weighted by Crippen LogP contribution is -2.03. The molecular formula is C14H17N3. The second-order valence-corrected chi connectivity index (χ2v) is 4.72. The third-order valence-electron chi connectivity index (χ3n) is 3.50. The Balaban J connectivity index is 2.10. The molecule has 0 fully saturated rings. The van der Waals surface area contributed by atoms with E-state index < -0.39 is 0 Å². The SMILES string of the molecule is Cc1ccccc1-c1nnc2n1CCCCC2. The Bertz CT molecular complexity index is 528. The van der Waals surface area contributed by atoms with Crippen LogP contribution in [-0.2, 0) is 13.0 Å². The fourth-order valence-corrected chi connectivity index (χ4v) is 2.51. The first kappa shape index (κ1) is 10.5. The number of aryl methyl sites for hydroxylation is 2. The molecule has 0 aliphatic carbocycles. The highest BCUT2D eigenvalue weighted by Crippen LogP contribution is 2.24. The van der Waals surface area contributed by atoms with Crippen LogP contribution >= 0.6 is 0 Å². The zero-order chi connectivity index (χ0) is 11.7. The smallest absolute Gasteiger partial charge is 0.164 e. The first-order chi connectivity index (χ1) is 8.36. The molecule has 1 aromatic carbocycles. The molecule has 0 spiro atoms. The predicted molar refractivity (Wildman–Crippen MR) is 67.8 cm³/mol. The van der Waals surface area contributed by atoms with Crippen molar-refractivity contribution in [2.45, 2.75) is 39.2 Å². The molecule has 1 aliphatic rings. The summed E-state index contributed by atoms with van der Waals surface area (Å²) in [5.41, 5.74) is 2.49. The van der Waals surface area contributed by atoms with Crippen LogP contribution in [0.25, 0.3) is 11.4 Å². The minimum absolute atomic E-state index is 1.04. The van der Waals surface area contributed by atoms with Crippen LogP contribution in [0.1, 0.15) is 30.7 Å². The third kappa shape index (κ3) is 1.86. The molecule has 0 saturated heterocycles. The molecular weight excluding hydrogens is 210 g/mol. The summed E-state index contributed by atoms with van der Waals surface area (Å²) >= 11 is 0. The predicted octanol–water partition coefficient (Wildman–Crippen LogP) is 2.98. The van der Waals surface area contributed by atoms with E-state index in [4.69, 9.17) is 0 Å². The minimum atomic E-state index is 1.04. The van der Waals surface area contributed by atoms with Crippen LogP contribution in [-0.4, -0.2) is 14.8 Å². The molecule has 3 heteroatoms. The van der Waals surface area contributed by atoms with Crippen LogP contribution in [0.4, 0.5) is 0 Å². The van der Waals surface area contributed by atoms with E-state index in [0.717, 1.165) is 24.6 Å². The molecule has 3 rings (SSSR count). The van der Waals surface area contributed by atoms with Gasteiger partial charge in [0.15, 0.2) is 5.82 Å². The van der Waals surface area contributed by atoms with E-state index in [1.165, 1.54) is 30.4 Å².